The van der Waals surface area contributed by atoms with Gasteiger partial charge in [-0.2, -0.15) is 0 Å². The topological polar surface area (TPSA) is 75.7 Å². The first-order valence-electron chi connectivity index (χ1n) is 11.3. The molecule has 3 rings (SSSR count). The smallest absolute Gasteiger partial charge is 0.235 e. The fourth-order valence-corrected chi connectivity index (χ4v) is 4.48. The van der Waals surface area contributed by atoms with E-state index in [4.69, 9.17) is 4.74 Å². The Bertz CT molecular complexity index is 746. The van der Waals surface area contributed by atoms with Gasteiger partial charge in [0.25, 0.3) is 0 Å². The van der Waals surface area contributed by atoms with E-state index < -0.39 is 5.41 Å². The molecular weight excluding hydrogens is 380 g/mol. The molecule has 164 valence electrons. The van der Waals surface area contributed by atoms with Gasteiger partial charge < -0.3 is 9.64 Å². The zero-order chi connectivity index (χ0) is 21.4. The molecule has 2 aliphatic heterocycles. The number of hydrogen-bond acceptors (Lipinski definition) is 4. The van der Waals surface area contributed by atoms with E-state index in [0.717, 1.165) is 25.1 Å². The van der Waals surface area contributed by atoms with Crippen LogP contribution in [0.4, 0.5) is 5.69 Å². The first-order chi connectivity index (χ1) is 14.5. The normalized spacial score (nSPS) is 21.5. The summed E-state index contributed by atoms with van der Waals surface area (Å²) in [6, 6.07) is 8.13. The summed E-state index contributed by atoms with van der Waals surface area (Å²) in [7, 11) is 1.75. The van der Waals surface area contributed by atoms with Crippen LogP contribution in [0, 0.1) is 5.41 Å². The molecule has 2 fully saturated rings. The third-order valence-electron chi connectivity index (χ3n) is 6.38. The minimum absolute atomic E-state index is 0.0438. The quantitative estimate of drug-likeness (QED) is 0.442. The van der Waals surface area contributed by atoms with Crippen LogP contribution in [0.2, 0.25) is 0 Å². The molecule has 1 unspecified atom stereocenters. The lowest BCUT2D eigenvalue weighted by Gasteiger charge is -2.30. The lowest BCUT2D eigenvalue weighted by Crippen LogP contribution is -2.50. The number of piperidine rings is 1. The SMILES string of the molecule is COCCCCCCCCCc1ccc(N2CC3(CCC(=O)NC3=O)CC2=O)cc1. The lowest BCUT2D eigenvalue weighted by atomic mass is 9.79. The fourth-order valence-electron chi connectivity index (χ4n) is 4.48. The van der Waals surface area contributed by atoms with E-state index in [0.29, 0.717) is 19.4 Å². The Kier molecular flexibility index (Phi) is 8.02. The van der Waals surface area contributed by atoms with E-state index >= 15 is 0 Å². The van der Waals surface area contributed by atoms with Crippen molar-refractivity contribution in [2.45, 2.75) is 70.6 Å². The first-order valence-corrected chi connectivity index (χ1v) is 11.3. The minimum Gasteiger partial charge on any atom is -0.385 e. The number of benzene rings is 1. The molecule has 0 saturated carbocycles. The Morgan fingerprint density at radius 1 is 0.967 bits per heavy atom. The number of carbonyl (C=O) groups excluding carboxylic acids is 3. The summed E-state index contributed by atoms with van der Waals surface area (Å²) in [4.78, 5) is 38.1. The second kappa shape index (κ2) is 10.7. The minimum atomic E-state index is -0.757. The van der Waals surface area contributed by atoms with Crippen LogP contribution < -0.4 is 10.2 Å². The van der Waals surface area contributed by atoms with Crippen molar-refractivity contribution in [3.63, 3.8) is 0 Å². The van der Waals surface area contributed by atoms with E-state index in [1.807, 2.05) is 12.1 Å². The molecule has 2 heterocycles. The van der Waals surface area contributed by atoms with Crippen LogP contribution in [0.3, 0.4) is 0 Å². The fraction of sp³-hybridized carbons (Fsp3) is 0.625. The van der Waals surface area contributed by atoms with Crippen molar-refractivity contribution in [2.75, 3.05) is 25.2 Å². The molecule has 3 amide bonds. The second-order valence-electron chi connectivity index (χ2n) is 8.70. The zero-order valence-corrected chi connectivity index (χ0v) is 18.1. The van der Waals surface area contributed by atoms with Gasteiger partial charge in [0.15, 0.2) is 0 Å². The van der Waals surface area contributed by atoms with Gasteiger partial charge in [-0.05, 0) is 43.4 Å². The number of methoxy groups -OCH3 is 1. The van der Waals surface area contributed by atoms with Crippen molar-refractivity contribution in [3.05, 3.63) is 29.8 Å². The van der Waals surface area contributed by atoms with Crippen LogP contribution in [0.5, 0.6) is 0 Å². The molecule has 0 radical (unpaired) electrons. The van der Waals surface area contributed by atoms with Gasteiger partial charge in [-0.3, -0.25) is 19.7 Å². The molecule has 30 heavy (non-hydrogen) atoms. The van der Waals surface area contributed by atoms with E-state index in [-0.39, 0.29) is 24.1 Å². The van der Waals surface area contributed by atoms with Gasteiger partial charge in [-0.15, -0.1) is 0 Å². The molecule has 1 aromatic carbocycles. The van der Waals surface area contributed by atoms with Crippen LogP contribution in [0.1, 0.15) is 69.8 Å². The Labute approximate surface area is 179 Å². The molecule has 0 bridgehead atoms. The van der Waals surface area contributed by atoms with E-state index in [1.165, 1.54) is 44.1 Å². The number of ether oxygens (including phenoxy) is 1. The first kappa shape index (κ1) is 22.5. The summed E-state index contributed by atoms with van der Waals surface area (Å²) in [5, 5.41) is 2.40. The number of anilines is 1. The summed E-state index contributed by atoms with van der Waals surface area (Å²) in [6.07, 6.45) is 10.7. The van der Waals surface area contributed by atoms with Crippen LogP contribution in [-0.2, 0) is 25.5 Å². The van der Waals surface area contributed by atoms with Gasteiger partial charge in [0.1, 0.15) is 0 Å². The van der Waals surface area contributed by atoms with E-state index in [2.05, 4.69) is 17.4 Å². The highest BCUT2D eigenvalue weighted by atomic mass is 16.5. The molecule has 0 aromatic heterocycles. The summed E-state index contributed by atoms with van der Waals surface area (Å²) in [5.74, 6) is -0.588. The van der Waals surface area contributed by atoms with Crippen LogP contribution in [0.15, 0.2) is 24.3 Å². The summed E-state index contributed by atoms with van der Waals surface area (Å²) < 4.78 is 5.07. The summed E-state index contributed by atoms with van der Waals surface area (Å²) in [5.41, 5.74) is 1.36. The van der Waals surface area contributed by atoms with Crippen LogP contribution in [-0.4, -0.2) is 38.0 Å². The van der Waals surface area contributed by atoms with Gasteiger partial charge in [0.05, 0.1) is 5.41 Å². The van der Waals surface area contributed by atoms with Crippen molar-refractivity contribution in [3.8, 4) is 0 Å². The maximum absolute atomic E-state index is 12.6. The highest BCUT2D eigenvalue weighted by molar-refractivity contribution is 6.07. The molecule has 1 atom stereocenters. The van der Waals surface area contributed by atoms with Crippen molar-refractivity contribution in [1.82, 2.24) is 5.32 Å². The Hall–Kier alpha value is -2.21. The van der Waals surface area contributed by atoms with Crippen LogP contribution >= 0.6 is 0 Å². The van der Waals surface area contributed by atoms with Gasteiger partial charge >= 0.3 is 0 Å². The number of carbonyl (C=O) groups is 3. The average molecular weight is 415 g/mol. The number of unbranched alkanes of at least 4 members (excludes halogenated alkanes) is 6. The summed E-state index contributed by atoms with van der Waals surface area (Å²) >= 11 is 0. The Balaban J connectivity index is 1.42. The van der Waals surface area contributed by atoms with Gasteiger partial charge in [0.2, 0.25) is 17.7 Å². The maximum Gasteiger partial charge on any atom is 0.235 e. The molecule has 2 aliphatic rings. The number of rotatable bonds is 11. The van der Waals surface area contributed by atoms with Gasteiger partial charge in [-0.1, -0.05) is 44.2 Å². The zero-order valence-electron chi connectivity index (χ0n) is 18.1. The third-order valence-corrected chi connectivity index (χ3v) is 6.38. The predicted molar refractivity (Wildman–Crippen MR) is 116 cm³/mol. The van der Waals surface area contributed by atoms with Crippen molar-refractivity contribution in [1.29, 1.82) is 0 Å². The average Bonchev–Trinajstić information content (AvgIpc) is 3.08. The molecule has 6 nitrogen and oxygen atoms in total. The number of aryl methyl sites for hydroxylation is 1. The monoisotopic (exact) mass is 414 g/mol. The molecule has 0 aliphatic carbocycles. The Morgan fingerprint density at radius 3 is 2.30 bits per heavy atom. The molecule has 1 aromatic rings. The van der Waals surface area contributed by atoms with Crippen molar-refractivity contribution >= 4 is 23.4 Å². The Morgan fingerprint density at radius 2 is 1.63 bits per heavy atom. The number of imide groups is 1. The predicted octanol–water partition coefficient (Wildman–Crippen LogP) is 3.77. The molecule has 2 saturated heterocycles. The largest absolute Gasteiger partial charge is 0.385 e. The van der Waals surface area contributed by atoms with E-state index in [9.17, 15) is 14.4 Å². The molecular formula is C24H34N2O4. The maximum atomic E-state index is 12.6. The van der Waals surface area contributed by atoms with Crippen LogP contribution in [0.25, 0.3) is 0 Å². The van der Waals surface area contributed by atoms with Gasteiger partial charge in [0, 0.05) is 38.8 Å². The third kappa shape index (κ3) is 5.69. The standard InChI is InChI=1S/C24H34N2O4/c1-30-16-8-6-4-2-3-5-7-9-19-10-12-20(13-11-19)26-18-24(17-22(26)28)15-14-21(27)25-23(24)29/h10-13H,2-9,14-18H2,1H3,(H,25,27,29). The van der Waals surface area contributed by atoms with Gasteiger partial charge in [-0.25, -0.2) is 0 Å². The van der Waals surface area contributed by atoms with Crippen molar-refractivity contribution < 1.29 is 19.1 Å². The molecule has 1 spiro atoms. The number of hydrogen-bond donors (Lipinski definition) is 1. The molecule has 1 N–H and O–H groups in total. The number of nitrogens with zero attached hydrogens (tertiary/aromatic N) is 1. The number of nitrogens with one attached hydrogen (secondary N) is 1. The highest BCUT2D eigenvalue weighted by Crippen LogP contribution is 2.40. The molecule has 6 heteroatoms. The number of amides is 3. The van der Waals surface area contributed by atoms with Crippen molar-refractivity contribution in [2.24, 2.45) is 5.41 Å². The van der Waals surface area contributed by atoms with E-state index in [1.54, 1.807) is 12.0 Å². The second-order valence-corrected chi connectivity index (χ2v) is 8.70. The summed E-state index contributed by atoms with van der Waals surface area (Å²) in [6.45, 7) is 1.22. The highest BCUT2D eigenvalue weighted by Gasteiger charge is 2.51. The lowest BCUT2D eigenvalue weighted by molar-refractivity contribution is -0.142.